The number of carbonyl (C=O) groups is 2. The number of anilines is 1. The van der Waals surface area contributed by atoms with Gasteiger partial charge in [-0.3, -0.25) is 0 Å². The number of carboxylic acids is 1. The van der Waals surface area contributed by atoms with E-state index in [1.54, 1.807) is 4.72 Å². The number of amides is 1. The quantitative estimate of drug-likeness (QED) is 0.664. The Morgan fingerprint density at radius 2 is 2.21 bits per heavy atom. The maximum absolute atomic E-state index is 11.4. The van der Waals surface area contributed by atoms with Gasteiger partial charge in [0, 0.05) is 17.2 Å². The Balaban J connectivity index is 2.73. The van der Waals surface area contributed by atoms with E-state index in [0.29, 0.717) is 4.88 Å². The summed E-state index contributed by atoms with van der Waals surface area (Å²) in [6.07, 6.45) is 2.28. The Morgan fingerprint density at radius 1 is 1.53 bits per heavy atom. The molecule has 0 radical (unpaired) electrons. The molecule has 1 aromatic rings. The zero-order valence-electron chi connectivity index (χ0n) is 9.48. The highest BCUT2D eigenvalue weighted by Gasteiger charge is 2.16. The molecule has 1 aromatic heterocycles. The third kappa shape index (κ3) is 5.35. The number of aliphatic carboxylic acids is 1. The molecule has 0 fully saturated rings. The first-order valence-corrected chi connectivity index (χ1v) is 6.87. The van der Waals surface area contributed by atoms with Gasteiger partial charge in [0.25, 0.3) is 0 Å². The molecule has 0 atom stereocenters. The molecule has 1 rings (SSSR count). The number of methoxy groups -OCH3 is 1. The second kappa shape index (κ2) is 6.15. The second-order valence-electron chi connectivity index (χ2n) is 2.94. The lowest BCUT2D eigenvalue weighted by molar-refractivity contribution is -0.131. The van der Waals surface area contributed by atoms with E-state index in [-0.39, 0.29) is 5.13 Å². The Kier molecular flexibility index (Phi) is 4.83. The molecule has 0 saturated carbocycles. The van der Waals surface area contributed by atoms with E-state index in [4.69, 9.17) is 5.11 Å². The molecule has 1 heterocycles. The van der Waals surface area contributed by atoms with Gasteiger partial charge in [-0.05, 0) is 6.08 Å². The predicted molar refractivity (Wildman–Crippen MR) is 66.9 cm³/mol. The van der Waals surface area contributed by atoms with Crippen LogP contribution in [-0.2, 0) is 19.7 Å². The van der Waals surface area contributed by atoms with E-state index in [9.17, 15) is 18.0 Å². The molecule has 0 aliphatic carbocycles. The molecule has 104 valence electrons. The second-order valence-corrected chi connectivity index (χ2v) is 5.42. The minimum absolute atomic E-state index is 0.0264. The fourth-order valence-corrected chi connectivity index (χ4v) is 2.56. The van der Waals surface area contributed by atoms with E-state index < -0.39 is 22.3 Å². The maximum atomic E-state index is 11.4. The van der Waals surface area contributed by atoms with Crippen molar-refractivity contribution in [2.45, 2.75) is 0 Å². The van der Waals surface area contributed by atoms with Crippen LogP contribution in [0.1, 0.15) is 4.88 Å². The highest BCUT2D eigenvalue weighted by molar-refractivity contribution is 7.91. The predicted octanol–water partition coefficient (Wildman–Crippen LogP) is 0.254. The van der Waals surface area contributed by atoms with E-state index in [0.717, 1.165) is 24.5 Å². The normalized spacial score (nSPS) is 11.2. The van der Waals surface area contributed by atoms with Crippen molar-refractivity contribution in [2.75, 3.05) is 11.8 Å². The van der Waals surface area contributed by atoms with Crippen LogP contribution in [0.2, 0.25) is 0 Å². The van der Waals surface area contributed by atoms with Crippen LogP contribution in [0.15, 0.2) is 12.3 Å². The van der Waals surface area contributed by atoms with Crippen molar-refractivity contribution < 1.29 is 27.9 Å². The number of carboxylic acid groups (broad SMARTS) is 1. The van der Waals surface area contributed by atoms with E-state index in [2.05, 4.69) is 9.72 Å². The number of aromatic nitrogens is 1. The first-order valence-electron chi connectivity index (χ1n) is 4.58. The van der Waals surface area contributed by atoms with Crippen LogP contribution >= 0.6 is 11.3 Å². The Labute approximate surface area is 112 Å². The lowest BCUT2D eigenvalue weighted by Crippen LogP contribution is -2.35. The summed E-state index contributed by atoms with van der Waals surface area (Å²) < 4.78 is 30.4. The molecule has 3 N–H and O–H groups in total. The van der Waals surface area contributed by atoms with Crippen LogP contribution < -0.4 is 9.44 Å². The fraction of sp³-hybridized carbons (Fsp3) is 0.125. The zero-order chi connectivity index (χ0) is 14.5. The Bertz CT molecular complexity index is 606. The fourth-order valence-electron chi connectivity index (χ4n) is 0.856. The number of hydrogen-bond donors (Lipinski definition) is 3. The van der Waals surface area contributed by atoms with Gasteiger partial charge < -0.3 is 9.84 Å². The van der Waals surface area contributed by atoms with Crippen LogP contribution in [0.5, 0.6) is 0 Å². The molecule has 0 aliphatic rings. The van der Waals surface area contributed by atoms with Crippen LogP contribution in [0.25, 0.3) is 6.08 Å². The SMILES string of the molecule is COC(=O)NS(=O)(=O)Nc1ncc(/C=C/C(=O)O)s1. The molecule has 0 aliphatic heterocycles. The highest BCUT2D eigenvalue weighted by Crippen LogP contribution is 2.19. The van der Waals surface area contributed by atoms with Crippen molar-refractivity contribution in [3.8, 4) is 0 Å². The minimum Gasteiger partial charge on any atom is -0.478 e. The molecule has 0 spiro atoms. The van der Waals surface area contributed by atoms with Crippen LogP contribution in [0.3, 0.4) is 0 Å². The molecule has 0 aromatic carbocycles. The summed E-state index contributed by atoms with van der Waals surface area (Å²) >= 11 is 0.893. The van der Waals surface area contributed by atoms with Gasteiger partial charge in [0.05, 0.1) is 7.11 Å². The summed E-state index contributed by atoms with van der Waals surface area (Å²) in [6.45, 7) is 0. The minimum atomic E-state index is -4.13. The smallest absolute Gasteiger partial charge is 0.422 e. The summed E-state index contributed by atoms with van der Waals surface area (Å²) in [5.74, 6) is -1.14. The third-order valence-electron chi connectivity index (χ3n) is 1.54. The molecule has 11 heteroatoms. The average Bonchev–Trinajstić information content (AvgIpc) is 2.72. The Morgan fingerprint density at radius 3 is 2.79 bits per heavy atom. The van der Waals surface area contributed by atoms with E-state index >= 15 is 0 Å². The number of hydrogen-bond acceptors (Lipinski definition) is 7. The van der Waals surface area contributed by atoms with Gasteiger partial charge in [-0.2, -0.15) is 8.42 Å². The molecule has 0 unspecified atom stereocenters. The van der Waals surface area contributed by atoms with Crippen molar-refractivity contribution in [2.24, 2.45) is 0 Å². The monoisotopic (exact) mass is 307 g/mol. The number of carbonyl (C=O) groups excluding carboxylic acids is 1. The number of nitrogens with zero attached hydrogens (tertiary/aromatic N) is 1. The number of thiazole rings is 1. The standard InChI is InChI=1S/C8H9N3O6S2/c1-17-8(14)11-19(15,16)10-7-9-4-5(18-7)2-3-6(12)13/h2-4H,1H3,(H,9,10)(H,11,14)(H,12,13)/b3-2+. The third-order valence-corrected chi connectivity index (χ3v) is 3.44. The van der Waals surface area contributed by atoms with Crippen LogP contribution in [0.4, 0.5) is 9.93 Å². The summed E-state index contributed by atoms with van der Waals surface area (Å²) in [7, 11) is -3.11. The molecular formula is C8H9N3O6S2. The van der Waals surface area contributed by atoms with Crippen molar-refractivity contribution in [3.63, 3.8) is 0 Å². The van der Waals surface area contributed by atoms with Gasteiger partial charge in [0.2, 0.25) is 0 Å². The molecule has 0 saturated heterocycles. The lowest BCUT2D eigenvalue weighted by atomic mass is 10.4. The molecular weight excluding hydrogens is 298 g/mol. The summed E-state index contributed by atoms with van der Waals surface area (Å²) in [4.78, 5) is 25.2. The van der Waals surface area contributed by atoms with Crippen molar-refractivity contribution in [1.29, 1.82) is 0 Å². The topological polar surface area (TPSA) is 135 Å². The molecule has 9 nitrogen and oxygen atoms in total. The summed E-state index contributed by atoms with van der Waals surface area (Å²) in [6, 6.07) is 0. The Hall–Kier alpha value is -2.14. The van der Waals surface area contributed by atoms with E-state index in [1.807, 2.05) is 4.72 Å². The lowest BCUT2D eigenvalue weighted by Gasteiger charge is -2.04. The van der Waals surface area contributed by atoms with Crippen LogP contribution in [0, 0.1) is 0 Å². The molecule has 0 bridgehead atoms. The average molecular weight is 307 g/mol. The van der Waals surface area contributed by atoms with Gasteiger partial charge in [0.15, 0.2) is 5.13 Å². The first kappa shape index (κ1) is 14.9. The van der Waals surface area contributed by atoms with Crippen molar-refractivity contribution in [3.05, 3.63) is 17.2 Å². The number of nitrogens with one attached hydrogen (secondary N) is 2. The summed E-state index contributed by atoms with van der Waals surface area (Å²) in [5.41, 5.74) is 0. The zero-order valence-corrected chi connectivity index (χ0v) is 11.1. The largest absolute Gasteiger partial charge is 0.478 e. The van der Waals surface area contributed by atoms with Gasteiger partial charge in [-0.15, -0.1) is 0 Å². The van der Waals surface area contributed by atoms with Gasteiger partial charge in [0.1, 0.15) is 0 Å². The maximum Gasteiger partial charge on any atom is 0.422 e. The van der Waals surface area contributed by atoms with E-state index in [1.165, 1.54) is 12.3 Å². The van der Waals surface area contributed by atoms with Crippen LogP contribution in [-0.4, -0.2) is 37.7 Å². The van der Waals surface area contributed by atoms with Gasteiger partial charge >= 0.3 is 22.3 Å². The first-order chi connectivity index (χ1) is 8.82. The molecule has 1 amide bonds. The number of rotatable bonds is 5. The van der Waals surface area contributed by atoms with Crippen molar-refractivity contribution in [1.82, 2.24) is 9.71 Å². The highest BCUT2D eigenvalue weighted by atomic mass is 32.2. The van der Waals surface area contributed by atoms with Gasteiger partial charge in [-0.25, -0.2) is 24.0 Å². The number of ether oxygens (including phenoxy) is 1. The van der Waals surface area contributed by atoms with Gasteiger partial charge in [-0.1, -0.05) is 11.3 Å². The molecule has 19 heavy (non-hydrogen) atoms. The summed E-state index contributed by atoms with van der Waals surface area (Å²) in [5, 5.41) is 8.39. The van der Waals surface area contributed by atoms with Crippen molar-refractivity contribution >= 4 is 44.8 Å².